The Kier molecular flexibility index (Phi) is 11.3. The van der Waals surface area contributed by atoms with E-state index in [0.717, 1.165) is 49.8 Å². The average molecular weight is 761 g/mol. The first-order chi connectivity index (χ1) is 26.2. The average Bonchev–Trinajstić information content (AvgIpc) is 3.60. The molecule has 0 unspecified atom stereocenters. The van der Waals surface area contributed by atoms with Gasteiger partial charge in [0.25, 0.3) is 11.8 Å². The molecule has 8 atom stereocenters. The van der Waals surface area contributed by atoms with Crippen LogP contribution in [0.5, 0.6) is 0 Å². The first kappa shape index (κ1) is 39.2. The van der Waals surface area contributed by atoms with Crippen molar-refractivity contribution in [1.82, 2.24) is 19.4 Å². The number of carbonyl (C=O) groups is 3. The molecule has 5 aliphatic rings. The molecule has 298 valence electrons. The van der Waals surface area contributed by atoms with Crippen molar-refractivity contribution in [3.8, 4) is 0 Å². The van der Waals surface area contributed by atoms with Gasteiger partial charge in [-0.2, -0.15) is 0 Å². The number of nitrogens with one attached hydrogen (secondary N) is 3. The topological polar surface area (TPSA) is 147 Å². The maximum absolute atomic E-state index is 13.2. The summed E-state index contributed by atoms with van der Waals surface area (Å²) in [5, 5.41) is 8.69. The van der Waals surface area contributed by atoms with Crippen molar-refractivity contribution in [3.63, 3.8) is 0 Å². The molecule has 1 aromatic carbocycles. The van der Waals surface area contributed by atoms with Crippen LogP contribution < -0.4 is 16.0 Å². The van der Waals surface area contributed by atoms with Crippen molar-refractivity contribution in [2.75, 3.05) is 37.8 Å². The van der Waals surface area contributed by atoms with Gasteiger partial charge in [0, 0.05) is 51.3 Å². The summed E-state index contributed by atoms with van der Waals surface area (Å²) in [6, 6.07) is 11.1. The number of benzene rings is 1. The minimum absolute atomic E-state index is 0.0841. The number of hydrogen-bond acceptors (Lipinski definition) is 9. The summed E-state index contributed by atoms with van der Waals surface area (Å²) in [5.74, 6) is -0.529. The zero-order chi connectivity index (χ0) is 39.1. The highest BCUT2D eigenvalue weighted by molar-refractivity contribution is 6.05. The second-order valence-corrected chi connectivity index (χ2v) is 16.4. The largest absolute Gasteiger partial charge is 0.351 e. The van der Waals surface area contributed by atoms with Crippen LogP contribution >= 0.6 is 0 Å². The number of carbonyl (C=O) groups excluding carboxylic acids is 3. The third-order valence-corrected chi connectivity index (χ3v) is 12.0. The maximum atomic E-state index is 13.2. The van der Waals surface area contributed by atoms with E-state index in [1.54, 1.807) is 47.8 Å². The second kappa shape index (κ2) is 15.8. The van der Waals surface area contributed by atoms with Gasteiger partial charge in [-0.1, -0.05) is 38.1 Å². The van der Waals surface area contributed by atoms with Crippen molar-refractivity contribution in [2.45, 2.75) is 89.9 Å². The van der Waals surface area contributed by atoms with Crippen LogP contribution in [-0.2, 0) is 55.9 Å². The number of fused-ring (bicyclic) bond motifs is 2. The van der Waals surface area contributed by atoms with E-state index in [1.807, 2.05) is 45.3 Å². The number of ether oxygens (including phenoxy) is 3. The van der Waals surface area contributed by atoms with Crippen LogP contribution in [-0.4, -0.2) is 82.9 Å². The molecular weight excluding hydrogens is 704 g/mol. The zero-order valence-corrected chi connectivity index (χ0v) is 33.1. The van der Waals surface area contributed by atoms with Crippen molar-refractivity contribution in [3.05, 3.63) is 71.3 Å². The van der Waals surface area contributed by atoms with Gasteiger partial charge in [-0.15, -0.1) is 0 Å². The van der Waals surface area contributed by atoms with E-state index in [-0.39, 0.29) is 36.0 Å². The fraction of sp³-hybridized carbons (Fsp3) is 0.585. The van der Waals surface area contributed by atoms with Gasteiger partial charge in [-0.25, -0.2) is 9.78 Å². The van der Waals surface area contributed by atoms with Crippen molar-refractivity contribution in [1.29, 1.82) is 0 Å². The number of hydrogen-bond donors (Lipinski definition) is 3. The van der Waals surface area contributed by atoms with E-state index in [0.29, 0.717) is 47.8 Å². The number of amides is 3. The van der Waals surface area contributed by atoms with Gasteiger partial charge in [-0.05, 0) is 88.3 Å². The molecule has 3 amide bonds. The molecule has 2 bridgehead atoms. The summed E-state index contributed by atoms with van der Waals surface area (Å²) < 4.78 is 22.7. The van der Waals surface area contributed by atoms with Crippen LogP contribution in [0.3, 0.4) is 0 Å². The molecule has 2 aromatic heterocycles. The van der Waals surface area contributed by atoms with E-state index >= 15 is 0 Å². The fourth-order valence-corrected chi connectivity index (χ4v) is 8.99. The van der Waals surface area contributed by atoms with Gasteiger partial charge in [0.2, 0.25) is 11.7 Å². The van der Waals surface area contributed by atoms with Gasteiger partial charge in [0.05, 0.1) is 24.4 Å². The van der Waals surface area contributed by atoms with Gasteiger partial charge in [0.1, 0.15) is 11.4 Å². The first-order valence-electron chi connectivity index (χ1n) is 19.5. The van der Waals surface area contributed by atoms with Gasteiger partial charge >= 0.3 is 0 Å². The predicted molar refractivity (Wildman–Crippen MR) is 205 cm³/mol. The van der Waals surface area contributed by atoms with Crippen LogP contribution in [0.4, 0.5) is 11.4 Å². The van der Waals surface area contributed by atoms with Crippen LogP contribution in [0.2, 0.25) is 0 Å². The summed E-state index contributed by atoms with van der Waals surface area (Å²) >= 11 is 0. The first-order valence-corrected chi connectivity index (χ1v) is 19.5. The molecule has 1 aliphatic carbocycles. The number of nitrogens with zero attached hydrogens (tertiary/aromatic N) is 3. The molecule has 1 saturated carbocycles. The van der Waals surface area contributed by atoms with Crippen molar-refractivity contribution in [2.24, 2.45) is 37.8 Å². The molecule has 55 heavy (non-hydrogen) atoms. The highest BCUT2D eigenvalue weighted by Crippen LogP contribution is 2.60. The monoisotopic (exact) mass is 760 g/mol. The van der Waals surface area contributed by atoms with Crippen molar-refractivity contribution >= 4 is 29.1 Å². The number of aromatic nitrogens is 2. The second-order valence-electron chi connectivity index (χ2n) is 16.4. The Morgan fingerprint density at radius 2 is 1.56 bits per heavy atom. The molecule has 14 nitrogen and oxygen atoms in total. The predicted octanol–water partition coefficient (Wildman–Crippen LogP) is 5.20. The van der Waals surface area contributed by atoms with Crippen LogP contribution in [0.15, 0.2) is 48.8 Å². The number of anilines is 2. The van der Waals surface area contributed by atoms with Gasteiger partial charge < -0.3 is 44.2 Å². The highest BCUT2D eigenvalue weighted by atomic mass is 17.3. The van der Waals surface area contributed by atoms with E-state index in [2.05, 4.69) is 34.7 Å². The van der Waals surface area contributed by atoms with Crippen molar-refractivity contribution < 1.29 is 38.4 Å². The fourth-order valence-electron chi connectivity index (χ4n) is 8.99. The van der Waals surface area contributed by atoms with E-state index < -0.39 is 24.0 Å². The summed E-state index contributed by atoms with van der Waals surface area (Å²) in [4.78, 5) is 53.1. The Hall–Kier alpha value is -4.05. The Morgan fingerprint density at radius 1 is 0.891 bits per heavy atom. The summed E-state index contributed by atoms with van der Waals surface area (Å²) in [5.41, 5.74) is 2.99. The Bertz CT molecular complexity index is 1870. The molecule has 6 heterocycles. The smallest absolute Gasteiger partial charge is 0.272 e. The zero-order valence-electron chi connectivity index (χ0n) is 33.1. The molecule has 14 heteroatoms. The van der Waals surface area contributed by atoms with Crippen LogP contribution in [0.25, 0.3) is 0 Å². The minimum Gasteiger partial charge on any atom is -0.351 e. The summed E-state index contributed by atoms with van der Waals surface area (Å²) in [6.07, 6.45) is 7.26. The molecule has 8 rings (SSSR count). The lowest BCUT2D eigenvalue weighted by Gasteiger charge is -2.60. The Balaban J connectivity index is 0.898. The molecule has 5 fully saturated rings. The number of aryl methyl sites for hydroxylation is 2. The third-order valence-electron chi connectivity index (χ3n) is 12.0. The molecular formula is C41H56N6O8. The molecule has 1 spiro atoms. The lowest BCUT2D eigenvalue weighted by Crippen LogP contribution is -2.70. The van der Waals surface area contributed by atoms with E-state index in [4.69, 9.17) is 24.0 Å². The third kappa shape index (κ3) is 8.12. The molecule has 4 saturated heterocycles. The highest BCUT2D eigenvalue weighted by Gasteiger charge is 2.69. The van der Waals surface area contributed by atoms with Crippen LogP contribution in [0, 0.1) is 23.7 Å². The van der Waals surface area contributed by atoms with Gasteiger partial charge in [0.15, 0.2) is 18.2 Å². The minimum atomic E-state index is -0.831. The molecule has 3 N–H and O–H groups in total. The Labute approximate surface area is 323 Å². The van der Waals surface area contributed by atoms with E-state index in [9.17, 15) is 14.4 Å². The SMILES string of the molecule is C[C@H]1[C@@H](OCc2ccc(CC(=O)Nc3cc(C(=O)Nc4cc(C(=O)NCCCN(C)C)n(C)c4)n(C)c3)cc2)O[C@@H]2O[C@]3(C)CC[C@H]4[C@H](C)CC[C@@H]1[C@@]24OO3. The molecule has 4 aliphatic heterocycles. The standard InChI is InChI=1S/C41H56N6O8/c1-25-9-14-32-26(2)38(52-39-41(32)31(25)15-16-40(3,53-39)54-55-41)51-24-28-12-10-27(11-13-28)19-35(48)43-29-20-34(47(7)22-29)37(50)44-30-21-33(46(6)23-30)36(49)42-17-8-18-45(4)5/h10-13,20-23,25-26,31-32,38-39H,8-9,14-19,24H2,1-7H3,(H,42,49)(H,43,48)(H,44,50)/t25-,26-,31+,32+,38+,39-,40+,41-/m1/s1. The summed E-state index contributed by atoms with van der Waals surface area (Å²) in [6.45, 7) is 8.19. The Morgan fingerprint density at radius 3 is 2.27 bits per heavy atom. The van der Waals surface area contributed by atoms with E-state index in [1.165, 1.54) is 0 Å². The summed E-state index contributed by atoms with van der Waals surface area (Å²) in [7, 11) is 7.48. The normalized spacial score (nSPS) is 29.7. The van der Waals surface area contributed by atoms with Gasteiger partial charge in [-0.3, -0.25) is 14.4 Å². The molecule has 0 radical (unpaired) electrons. The van der Waals surface area contributed by atoms with Crippen LogP contribution in [0.1, 0.15) is 85.0 Å². The molecule has 3 aromatic rings. The lowest BCUT2D eigenvalue weighted by molar-refractivity contribution is -0.577. The lowest BCUT2D eigenvalue weighted by atomic mass is 9.58. The maximum Gasteiger partial charge on any atom is 0.272 e. The quantitative estimate of drug-likeness (QED) is 0.158. The number of rotatable bonds is 13.